The third-order valence-electron chi connectivity index (χ3n) is 3.61. The molecule has 1 rings (SSSR count). The molecule has 3 nitrogen and oxygen atoms in total. The quantitative estimate of drug-likeness (QED) is 0.479. The molecule has 0 saturated carbocycles. The first kappa shape index (κ1) is 14.9. The SMILES string of the molecule is CCCCCCCC1CCCC(OC)(OC)O1. The van der Waals surface area contributed by atoms with E-state index >= 15 is 0 Å². The average molecular weight is 244 g/mol. The highest BCUT2D eigenvalue weighted by atomic mass is 16.9. The zero-order valence-electron chi connectivity index (χ0n) is 11.7. The van der Waals surface area contributed by atoms with Crippen LogP contribution < -0.4 is 0 Å². The van der Waals surface area contributed by atoms with Gasteiger partial charge in [0.05, 0.1) is 6.10 Å². The van der Waals surface area contributed by atoms with Crippen LogP contribution in [-0.2, 0) is 14.2 Å². The zero-order chi connectivity index (χ0) is 12.6. The maximum Gasteiger partial charge on any atom is 0.282 e. The lowest BCUT2D eigenvalue weighted by Gasteiger charge is -2.38. The number of ether oxygens (including phenoxy) is 3. The molecule has 1 saturated heterocycles. The third-order valence-corrected chi connectivity index (χ3v) is 3.61. The lowest BCUT2D eigenvalue weighted by Crippen LogP contribution is -2.43. The first-order chi connectivity index (χ1) is 8.26. The molecule has 0 N–H and O–H groups in total. The van der Waals surface area contributed by atoms with Crippen molar-refractivity contribution >= 4 is 0 Å². The predicted molar refractivity (Wildman–Crippen MR) is 68.8 cm³/mol. The summed E-state index contributed by atoms with van der Waals surface area (Å²) in [6.45, 7) is 2.25. The molecule has 1 aliphatic heterocycles. The molecular formula is C14H28O3. The Hall–Kier alpha value is -0.120. The second-order valence-electron chi connectivity index (χ2n) is 4.93. The van der Waals surface area contributed by atoms with Gasteiger partial charge in [-0.15, -0.1) is 0 Å². The molecular weight excluding hydrogens is 216 g/mol. The van der Waals surface area contributed by atoms with Crippen molar-refractivity contribution in [1.82, 2.24) is 0 Å². The first-order valence-corrected chi connectivity index (χ1v) is 7.04. The molecule has 1 heterocycles. The van der Waals surface area contributed by atoms with Gasteiger partial charge in [-0.2, -0.15) is 0 Å². The van der Waals surface area contributed by atoms with E-state index in [1.165, 1.54) is 32.1 Å². The lowest BCUT2D eigenvalue weighted by atomic mass is 10.0. The van der Waals surface area contributed by atoms with E-state index in [2.05, 4.69) is 6.92 Å². The summed E-state index contributed by atoms with van der Waals surface area (Å²) in [6.07, 6.45) is 11.1. The van der Waals surface area contributed by atoms with Gasteiger partial charge in [-0.1, -0.05) is 39.0 Å². The Morgan fingerprint density at radius 2 is 1.82 bits per heavy atom. The molecule has 102 valence electrons. The van der Waals surface area contributed by atoms with Crippen LogP contribution in [0, 0.1) is 0 Å². The third kappa shape index (κ3) is 4.94. The van der Waals surface area contributed by atoms with E-state index in [0.717, 1.165) is 25.7 Å². The predicted octanol–water partition coefficient (Wildman–Crippen LogP) is 3.86. The molecule has 17 heavy (non-hydrogen) atoms. The summed E-state index contributed by atoms with van der Waals surface area (Å²) < 4.78 is 16.7. The Kier molecular flexibility index (Phi) is 7.09. The molecule has 0 radical (unpaired) electrons. The smallest absolute Gasteiger partial charge is 0.282 e. The van der Waals surface area contributed by atoms with E-state index < -0.39 is 5.97 Å². The van der Waals surface area contributed by atoms with Crippen LogP contribution in [0.2, 0.25) is 0 Å². The van der Waals surface area contributed by atoms with Gasteiger partial charge < -0.3 is 14.2 Å². The normalized spacial score (nSPS) is 23.8. The Bertz CT molecular complexity index is 190. The van der Waals surface area contributed by atoms with E-state index in [-0.39, 0.29) is 0 Å². The minimum Gasteiger partial charge on any atom is -0.331 e. The summed E-state index contributed by atoms with van der Waals surface area (Å²) >= 11 is 0. The van der Waals surface area contributed by atoms with Gasteiger partial charge in [0.1, 0.15) is 0 Å². The maximum atomic E-state index is 5.93. The topological polar surface area (TPSA) is 27.7 Å². The van der Waals surface area contributed by atoms with E-state index in [1.54, 1.807) is 14.2 Å². The first-order valence-electron chi connectivity index (χ1n) is 7.04. The summed E-state index contributed by atoms with van der Waals surface area (Å²) in [6, 6.07) is 0. The zero-order valence-corrected chi connectivity index (χ0v) is 11.7. The Balaban J connectivity index is 2.20. The van der Waals surface area contributed by atoms with Gasteiger partial charge in [0.15, 0.2) is 0 Å². The van der Waals surface area contributed by atoms with Gasteiger partial charge in [-0.25, -0.2) is 0 Å². The molecule has 0 spiro atoms. The van der Waals surface area contributed by atoms with E-state index in [9.17, 15) is 0 Å². The minimum atomic E-state index is -0.771. The minimum absolute atomic E-state index is 0.310. The standard InChI is InChI=1S/C14H28O3/c1-4-5-6-7-8-10-13-11-9-12-14(15-2,16-3)17-13/h13H,4-12H2,1-3H3. The highest BCUT2D eigenvalue weighted by Gasteiger charge is 2.37. The molecule has 1 atom stereocenters. The van der Waals surface area contributed by atoms with Crippen LogP contribution in [0.3, 0.4) is 0 Å². The highest BCUT2D eigenvalue weighted by Crippen LogP contribution is 2.32. The van der Waals surface area contributed by atoms with Crippen molar-refractivity contribution in [3.63, 3.8) is 0 Å². The van der Waals surface area contributed by atoms with Crippen LogP contribution in [-0.4, -0.2) is 26.3 Å². The molecule has 0 aromatic carbocycles. The second-order valence-corrected chi connectivity index (χ2v) is 4.93. The van der Waals surface area contributed by atoms with Crippen LogP contribution in [0.4, 0.5) is 0 Å². The van der Waals surface area contributed by atoms with Gasteiger partial charge in [0, 0.05) is 20.6 Å². The summed E-state index contributed by atoms with van der Waals surface area (Å²) in [4.78, 5) is 0. The molecule has 3 heteroatoms. The van der Waals surface area contributed by atoms with E-state index in [0.29, 0.717) is 6.10 Å². The van der Waals surface area contributed by atoms with Gasteiger partial charge >= 0.3 is 0 Å². The fourth-order valence-electron chi connectivity index (χ4n) is 2.48. The van der Waals surface area contributed by atoms with Crippen LogP contribution in [0.5, 0.6) is 0 Å². The van der Waals surface area contributed by atoms with Crippen LogP contribution in [0.25, 0.3) is 0 Å². The Morgan fingerprint density at radius 1 is 1.12 bits per heavy atom. The van der Waals surface area contributed by atoms with E-state index in [1.807, 2.05) is 0 Å². The number of methoxy groups -OCH3 is 2. The van der Waals surface area contributed by atoms with Crippen molar-refractivity contribution in [1.29, 1.82) is 0 Å². The monoisotopic (exact) mass is 244 g/mol. The van der Waals surface area contributed by atoms with Crippen molar-refractivity contribution < 1.29 is 14.2 Å². The molecule has 1 unspecified atom stereocenters. The summed E-state index contributed by atoms with van der Waals surface area (Å²) in [5.41, 5.74) is 0. The number of unbranched alkanes of at least 4 members (excludes halogenated alkanes) is 4. The number of hydrogen-bond donors (Lipinski definition) is 0. The molecule has 1 fully saturated rings. The van der Waals surface area contributed by atoms with Crippen LogP contribution in [0.15, 0.2) is 0 Å². The van der Waals surface area contributed by atoms with Crippen molar-refractivity contribution in [2.45, 2.75) is 76.8 Å². The van der Waals surface area contributed by atoms with Crippen molar-refractivity contribution in [3.8, 4) is 0 Å². The van der Waals surface area contributed by atoms with E-state index in [4.69, 9.17) is 14.2 Å². The van der Waals surface area contributed by atoms with Crippen molar-refractivity contribution in [3.05, 3.63) is 0 Å². The van der Waals surface area contributed by atoms with Gasteiger partial charge in [-0.05, 0) is 19.3 Å². The average Bonchev–Trinajstić information content (AvgIpc) is 2.39. The molecule has 0 aromatic rings. The number of hydrogen-bond acceptors (Lipinski definition) is 3. The molecule has 0 bridgehead atoms. The number of rotatable bonds is 8. The second kappa shape index (κ2) is 8.06. The fourth-order valence-corrected chi connectivity index (χ4v) is 2.48. The highest BCUT2D eigenvalue weighted by molar-refractivity contribution is 4.71. The maximum absolute atomic E-state index is 5.93. The van der Waals surface area contributed by atoms with Gasteiger partial charge in [0.2, 0.25) is 0 Å². The summed E-state index contributed by atoms with van der Waals surface area (Å²) in [5.74, 6) is -0.771. The fraction of sp³-hybridized carbons (Fsp3) is 1.00. The molecule has 0 amide bonds. The largest absolute Gasteiger partial charge is 0.331 e. The Morgan fingerprint density at radius 3 is 2.47 bits per heavy atom. The van der Waals surface area contributed by atoms with Gasteiger partial charge in [0.25, 0.3) is 5.97 Å². The van der Waals surface area contributed by atoms with Crippen LogP contribution in [0.1, 0.15) is 64.7 Å². The summed E-state index contributed by atoms with van der Waals surface area (Å²) in [5, 5.41) is 0. The Labute approximate surface area is 106 Å². The molecule has 1 aliphatic rings. The lowest BCUT2D eigenvalue weighted by molar-refractivity contribution is -0.391. The molecule has 0 aromatic heterocycles. The van der Waals surface area contributed by atoms with Gasteiger partial charge in [-0.3, -0.25) is 0 Å². The van der Waals surface area contributed by atoms with Crippen molar-refractivity contribution in [2.75, 3.05) is 14.2 Å². The molecule has 0 aliphatic carbocycles. The van der Waals surface area contributed by atoms with Crippen molar-refractivity contribution in [2.24, 2.45) is 0 Å². The van der Waals surface area contributed by atoms with Crippen LogP contribution >= 0.6 is 0 Å². The summed E-state index contributed by atoms with van der Waals surface area (Å²) in [7, 11) is 3.32.